The Morgan fingerprint density at radius 1 is 1.38 bits per heavy atom. The van der Waals surface area contributed by atoms with E-state index in [2.05, 4.69) is 20.9 Å². The monoisotopic (exact) mass is 285 g/mol. The molecule has 2 rings (SSSR count). The minimum absolute atomic E-state index is 0.0970. The summed E-state index contributed by atoms with van der Waals surface area (Å²) in [6.07, 6.45) is 5.54. The Bertz CT molecular complexity index is 338. The molecule has 0 atom stereocenters. The fourth-order valence-electron chi connectivity index (χ4n) is 1.98. The van der Waals surface area contributed by atoms with E-state index in [1.54, 1.807) is 6.20 Å². The van der Waals surface area contributed by atoms with Crippen LogP contribution in [0.1, 0.15) is 25.7 Å². The van der Waals surface area contributed by atoms with Crippen LogP contribution in [0.3, 0.4) is 0 Å². The number of pyridine rings is 1. The smallest absolute Gasteiger partial charge is 0.214 e. The van der Waals surface area contributed by atoms with Gasteiger partial charge in [-0.1, -0.05) is 15.9 Å². The molecule has 0 aromatic carbocycles. The van der Waals surface area contributed by atoms with Gasteiger partial charge < -0.3 is 9.84 Å². The number of aliphatic hydroxyl groups is 1. The van der Waals surface area contributed by atoms with E-state index in [1.807, 2.05) is 12.1 Å². The molecule has 1 heterocycles. The fraction of sp³-hybridized carbons (Fsp3) is 0.583. The number of halogens is 1. The van der Waals surface area contributed by atoms with Gasteiger partial charge in [-0.2, -0.15) is 0 Å². The average molecular weight is 286 g/mol. The maximum Gasteiger partial charge on any atom is 0.214 e. The Morgan fingerprint density at radius 3 is 2.81 bits per heavy atom. The summed E-state index contributed by atoms with van der Waals surface area (Å²) in [7, 11) is 0. The van der Waals surface area contributed by atoms with Crippen LogP contribution >= 0.6 is 15.9 Å². The highest BCUT2D eigenvalue weighted by atomic mass is 79.9. The Labute approximate surface area is 104 Å². The topological polar surface area (TPSA) is 42.4 Å². The zero-order valence-electron chi connectivity index (χ0n) is 9.10. The minimum atomic E-state index is -0.0970. The van der Waals surface area contributed by atoms with Crippen molar-refractivity contribution in [3.63, 3.8) is 0 Å². The summed E-state index contributed by atoms with van der Waals surface area (Å²) < 4.78 is 6.62. The largest absolute Gasteiger partial charge is 0.477 e. The van der Waals surface area contributed by atoms with E-state index in [-0.39, 0.29) is 6.10 Å². The fourth-order valence-corrected chi connectivity index (χ4v) is 2.29. The molecular weight excluding hydrogens is 270 g/mol. The van der Waals surface area contributed by atoms with Crippen molar-refractivity contribution in [2.75, 3.05) is 6.61 Å². The first-order valence-corrected chi connectivity index (χ1v) is 6.46. The summed E-state index contributed by atoms with van der Waals surface area (Å²) in [5, 5.41) is 9.39. The molecule has 4 heteroatoms. The number of rotatable bonds is 3. The van der Waals surface area contributed by atoms with Crippen molar-refractivity contribution in [1.29, 1.82) is 0 Å². The SMILES string of the molecule is O[C@H]1CC[C@H](COc2cc(Br)ccn2)CC1. The molecule has 16 heavy (non-hydrogen) atoms. The minimum Gasteiger partial charge on any atom is -0.477 e. The van der Waals surface area contributed by atoms with E-state index in [0.29, 0.717) is 18.4 Å². The third kappa shape index (κ3) is 3.46. The predicted octanol–water partition coefficient (Wildman–Crippen LogP) is 2.77. The van der Waals surface area contributed by atoms with Crippen LogP contribution in [0, 0.1) is 5.92 Å². The second-order valence-electron chi connectivity index (χ2n) is 4.30. The molecule has 1 fully saturated rings. The van der Waals surface area contributed by atoms with E-state index in [1.165, 1.54) is 0 Å². The molecule has 1 aliphatic rings. The van der Waals surface area contributed by atoms with E-state index >= 15 is 0 Å². The molecule has 1 aromatic heterocycles. The first-order valence-electron chi connectivity index (χ1n) is 5.66. The van der Waals surface area contributed by atoms with Crippen molar-refractivity contribution in [1.82, 2.24) is 4.98 Å². The summed E-state index contributed by atoms with van der Waals surface area (Å²) >= 11 is 3.38. The lowest BCUT2D eigenvalue weighted by Gasteiger charge is -2.24. The van der Waals surface area contributed by atoms with Crippen molar-refractivity contribution in [2.24, 2.45) is 5.92 Å². The molecule has 1 N–H and O–H groups in total. The van der Waals surface area contributed by atoms with E-state index in [9.17, 15) is 5.11 Å². The van der Waals surface area contributed by atoms with Crippen LogP contribution in [0.15, 0.2) is 22.8 Å². The van der Waals surface area contributed by atoms with Gasteiger partial charge >= 0.3 is 0 Å². The van der Waals surface area contributed by atoms with Crippen LogP contribution in [0.2, 0.25) is 0 Å². The van der Waals surface area contributed by atoms with Crippen LogP contribution < -0.4 is 4.74 Å². The number of aliphatic hydroxyl groups excluding tert-OH is 1. The normalized spacial score (nSPS) is 25.4. The highest BCUT2D eigenvalue weighted by Gasteiger charge is 2.19. The summed E-state index contributed by atoms with van der Waals surface area (Å²) in [5.74, 6) is 1.23. The second-order valence-corrected chi connectivity index (χ2v) is 5.21. The number of aromatic nitrogens is 1. The Morgan fingerprint density at radius 2 is 2.12 bits per heavy atom. The molecule has 0 unspecified atom stereocenters. The molecule has 0 amide bonds. The second kappa shape index (κ2) is 5.64. The number of nitrogens with zero attached hydrogens (tertiary/aromatic N) is 1. The third-order valence-corrected chi connectivity index (χ3v) is 3.47. The molecule has 1 aromatic rings. The molecule has 3 nitrogen and oxygen atoms in total. The Kier molecular flexibility index (Phi) is 4.18. The van der Waals surface area contributed by atoms with Crippen molar-refractivity contribution in [3.05, 3.63) is 22.8 Å². The lowest BCUT2D eigenvalue weighted by atomic mass is 9.88. The zero-order valence-corrected chi connectivity index (χ0v) is 10.7. The van der Waals surface area contributed by atoms with Gasteiger partial charge in [-0.3, -0.25) is 0 Å². The first-order chi connectivity index (χ1) is 7.74. The maximum atomic E-state index is 9.39. The van der Waals surface area contributed by atoms with Gasteiger partial charge in [0.25, 0.3) is 0 Å². The number of ether oxygens (including phenoxy) is 1. The van der Waals surface area contributed by atoms with Gasteiger partial charge in [0.15, 0.2) is 0 Å². The van der Waals surface area contributed by atoms with Crippen LogP contribution in [-0.4, -0.2) is 22.8 Å². The summed E-state index contributed by atoms with van der Waals surface area (Å²) in [5.41, 5.74) is 0. The van der Waals surface area contributed by atoms with Crippen LogP contribution in [0.5, 0.6) is 5.88 Å². The zero-order chi connectivity index (χ0) is 11.4. The lowest BCUT2D eigenvalue weighted by molar-refractivity contribution is 0.0908. The molecule has 0 bridgehead atoms. The van der Waals surface area contributed by atoms with Crippen molar-refractivity contribution in [3.8, 4) is 5.88 Å². The van der Waals surface area contributed by atoms with E-state index < -0.39 is 0 Å². The Hall–Kier alpha value is -0.610. The van der Waals surface area contributed by atoms with E-state index in [0.717, 1.165) is 30.2 Å². The van der Waals surface area contributed by atoms with Gasteiger partial charge in [-0.25, -0.2) is 4.98 Å². The average Bonchev–Trinajstić information content (AvgIpc) is 2.28. The lowest BCUT2D eigenvalue weighted by Crippen LogP contribution is -2.22. The molecule has 0 saturated heterocycles. The molecule has 1 saturated carbocycles. The Balaban J connectivity index is 1.79. The molecule has 88 valence electrons. The van der Waals surface area contributed by atoms with Crippen LogP contribution in [0.25, 0.3) is 0 Å². The molecular formula is C12H16BrNO2. The molecule has 0 spiro atoms. The van der Waals surface area contributed by atoms with Gasteiger partial charge in [0, 0.05) is 16.7 Å². The first kappa shape index (κ1) is 11.9. The van der Waals surface area contributed by atoms with Crippen LogP contribution in [-0.2, 0) is 0 Å². The maximum absolute atomic E-state index is 9.39. The van der Waals surface area contributed by atoms with Crippen molar-refractivity contribution >= 4 is 15.9 Å². The molecule has 0 aliphatic heterocycles. The molecule has 1 aliphatic carbocycles. The van der Waals surface area contributed by atoms with E-state index in [4.69, 9.17) is 4.74 Å². The predicted molar refractivity (Wildman–Crippen MR) is 65.4 cm³/mol. The van der Waals surface area contributed by atoms with Crippen molar-refractivity contribution < 1.29 is 9.84 Å². The number of hydrogen-bond acceptors (Lipinski definition) is 3. The van der Waals surface area contributed by atoms with Gasteiger partial charge in [-0.15, -0.1) is 0 Å². The summed E-state index contributed by atoms with van der Waals surface area (Å²) in [6.45, 7) is 0.705. The third-order valence-electron chi connectivity index (χ3n) is 2.98. The van der Waals surface area contributed by atoms with Gasteiger partial charge in [-0.05, 0) is 37.7 Å². The number of hydrogen-bond donors (Lipinski definition) is 1. The summed E-state index contributed by atoms with van der Waals surface area (Å²) in [4.78, 5) is 4.14. The quantitative estimate of drug-likeness (QED) is 0.929. The van der Waals surface area contributed by atoms with Gasteiger partial charge in [0.1, 0.15) is 0 Å². The summed E-state index contributed by atoms with van der Waals surface area (Å²) in [6, 6.07) is 3.75. The van der Waals surface area contributed by atoms with Gasteiger partial charge in [0.05, 0.1) is 12.7 Å². The molecule has 0 radical (unpaired) electrons. The van der Waals surface area contributed by atoms with Gasteiger partial charge in [0.2, 0.25) is 5.88 Å². The van der Waals surface area contributed by atoms with Crippen molar-refractivity contribution in [2.45, 2.75) is 31.8 Å². The highest BCUT2D eigenvalue weighted by Crippen LogP contribution is 2.25. The van der Waals surface area contributed by atoms with Crippen LogP contribution in [0.4, 0.5) is 0 Å². The highest BCUT2D eigenvalue weighted by molar-refractivity contribution is 9.10. The standard InChI is InChI=1S/C12H16BrNO2/c13-10-5-6-14-12(7-10)16-8-9-1-3-11(15)4-2-9/h5-7,9,11,15H,1-4,8H2/t9-,11-.